The van der Waals surface area contributed by atoms with Crippen LogP contribution in [0.3, 0.4) is 0 Å². The number of benzene rings is 1. The molecule has 1 heterocycles. The van der Waals surface area contributed by atoms with Gasteiger partial charge in [0.05, 0.1) is 13.7 Å². The summed E-state index contributed by atoms with van der Waals surface area (Å²) in [7, 11) is 2.99. The summed E-state index contributed by atoms with van der Waals surface area (Å²) in [5.74, 6) is 0.628. The van der Waals surface area contributed by atoms with Gasteiger partial charge < -0.3 is 25.0 Å². The second kappa shape index (κ2) is 11.4. The van der Waals surface area contributed by atoms with Crippen molar-refractivity contribution in [3.8, 4) is 5.75 Å². The fraction of sp³-hybridized carbons (Fsp3) is 0.474. The van der Waals surface area contributed by atoms with Crippen molar-refractivity contribution < 1.29 is 23.0 Å². The van der Waals surface area contributed by atoms with Gasteiger partial charge in [-0.1, -0.05) is 12.1 Å². The van der Waals surface area contributed by atoms with Gasteiger partial charge >= 0.3 is 6.18 Å². The number of nitrogens with one attached hydrogen (secondary N) is 2. The summed E-state index contributed by atoms with van der Waals surface area (Å²) in [4.78, 5) is 8.06. The molecule has 0 aliphatic carbocycles. The molecule has 1 aromatic heterocycles. The lowest BCUT2D eigenvalue weighted by Crippen LogP contribution is -2.47. The number of methoxy groups -OCH3 is 1. The first-order valence-corrected chi connectivity index (χ1v) is 9.13. The second-order valence-electron chi connectivity index (χ2n) is 6.44. The van der Waals surface area contributed by atoms with Gasteiger partial charge in [-0.15, -0.1) is 24.0 Å². The van der Waals surface area contributed by atoms with Gasteiger partial charge in [-0.3, -0.25) is 0 Å². The highest BCUT2D eigenvalue weighted by atomic mass is 127. The third kappa shape index (κ3) is 6.49. The van der Waals surface area contributed by atoms with E-state index in [4.69, 9.17) is 4.74 Å². The van der Waals surface area contributed by atoms with E-state index in [1.165, 1.54) is 19.4 Å². The first kappa shape index (κ1) is 26.0. The van der Waals surface area contributed by atoms with Crippen LogP contribution >= 0.6 is 24.0 Å². The summed E-state index contributed by atoms with van der Waals surface area (Å²) in [6.07, 6.45) is -2.90. The Morgan fingerprint density at radius 3 is 2.40 bits per heavy atom. The normalized spacial score (nSPS) is 13.9. The number of ether oxygens (including phenoxy) is 1. The van der Waals surface area contributed by atoms with Crippen LogP contribution in [0.5, 0.6) is 5.75 Å². The maximum Gasteiger partial charge on any atom is 0.424 e. The van der Waals surface area contributed by atoms with Gasteiger partial charge in [0.1, 0.15) is 11.6 Å². The van der Waals surface area contributed by atoms with E-state index < -0.39 is 24.0 Å². The van der Waals surface area contributed by atoms with E-state index in [0.29, 0.717) is 19.0 Å². The molecule has 1 atom stereocenters. The van der Waals surface area contributed by atoms with E-state index in [2.05, 4.69) is 20.6 Å². The van der Waals surface area contributed by atoms with Crippen molar-refractivity contribution in [2.75, 3.05) is 20.2 Å². The highest BCUT2D eigenvalue weighted by Crippen LogP contribution is 2.40. The average Bonchev–Trinajstić information content (AvgIpc) is 3.12. The molecule has 0 aliphatic rings. The number of rotatable bonds is 8. The Balaban J connectivity index is 0.00000450. The Kier molecular flexibility index (Phi) is 9.88. The van der Waals surface area contributed by atoms with E-state index in [1.807, 2.05) is 31.2 Å². The molecule has 30 heavy (non-hydrogen) atoms. The van der Waals surface area contributed by atoms with Gasteiger partial charge in [-0.25, -0.2) is 9.98 Å². The molecule has 0 spiro atoms. The molecule has 0 saturated heterocycles. The molecular weight excluding hydrogens is 514 g/mol. The molecular formula is C19H27F3IN5O2. The Morgan fingerprint density at radius 1 is 1.23 bits per heavy atom. The Morgan fingerprint density at radius 2 is 1.90 bits per heavy atom. The lowest BCUT2D eigenvalue weighted by molar-refractivity contribution is -0.272. The van der Waals surface area contributed by atoms with Gasteiger partial charge in [-0.05, 0) is 24.6 Å². The van der Waals surface area contributed by atoms with E-state index in [1.54, 1.807) is 7.11 Å². The number of guanidine groups is 1. The van der Waals surface area contributed by atoms with Crippen molar-refractivity contribution in [3.63, 3.8) is 0 Å². The highest BCUT2D eigenvalue weighted by molar-refractivity contribution is 14.0. The van der Waals surface area contributed by atoms with Gasteiger partial charge in [0.25, 0.3) is 0 Å². The number of imidazole rings is 1. The van der Waals surface area contributed by atoms with Crippen molar-refractivity contribution in [1.82, 2.24) is 20.2 Å². The topological polar surface area (TPSA) is 83.7 Å². The number of halogens is 4. The van der Waals surface area contributed by atoms with Gasteiger partial charge in [0.2, 0.25) is 5.60 Å². The Hall–Kier alpha value is -2.02. The number of aliphatic imine (C=N–C) groups is 1. The van der Waals surface area contributed by atoms with Gasteiger partial charge in [-0.2, -0.15) is 13.2 Å². The highest BCUT2D eigenvalue weighted by Gasteiger charge is 2.57. The molecule has 1 aromatic carbocycles. The first-order valence-electron chi connectivity index (χ1n) is 9.13. The van der Waals surface area contributed by atoms with E-state index >= 15 is 0 Å². The molecule has 2 aromatic rings. The molecule has 168 valence electrons. The monoisotopic (exact) mass is 541 g/mol. The van der Waals surface area contributed by atoms with E-state index in [9.17, 15) is 18.3 Å². The molecule has 7 nitrogen and oxygen atoms in total. The largest absolute Gasteiger partial charge is 0.497 e. The average molecular weight is 541 g/mol. The summed E-state index contributed by atoms with van der Waals surface area (Å²) in [5.41, 5.74) is -2.14. The van der Waals surface area contributed by atoms with Crippen LogP contribution in [0.1, 0.15) is 24.7 Å². The van der Waals surface area contributed by atoms with E-state index in [-0.39, 0.29) is 30.5 Å². The van der Waals surface area contributed by atoms with Crippen LogP contribution in [-0.2, 0) is 19.2 Å². The van der Waals surface area contributed by atoms with E-state index in [0.717, 1.165) is 15.9 Å². The summed E-state index contributed by atoms with van der Waals surface area (Å²) < 4.78 is 47.0. The number of nitrogens with zero attached hydrogens (tertiary/aromatic N) is 3. The predicted molar refractivity (Wildman–Crippen MR) is 119 cm³/mol. The smallest absolute Gasteiger partial charge is 0.424 e. The van der Waals surface area contributed by atoms with Crippen molar-refractivity contribution in [1.29, 1.82) is 0 Å². The van der Waals surface area contributed by atoms with Crippen LogP contribution in [0.2, 0.25) is 0 Å². The maximum atomic E-state index is 13.6. The van der Waals surface area contributed by atoms with Crippen LogP contribution in [0, 0.1) is 0 Å². The lowest BCUT2D eigenvalue weighted by Gasteiger charge is -2.30. The van der Waals surface area contributed by atoms with Crippen LogP contribution < -0.4 is 15.4 Å². The molecule has 11 heteroatoms. The fourth-order valence-electron chi connectivity index (χ4n) is 2.75. The molecule has 0 aliphatic heterocycles. The van der Waals surface area contributed by atoms with Crippen molar-refractivity contribution >= 4 is 29.9 Å². The molecule has 0 bridgehead atoms. The minimum absolute atomic E-state index is 0. The summed E-state index contributed by atoms with van der Waals surface area (Å²) in [5, 5.41) is 16.2. The molecule has 0 fully saturated rings. The van der Waals surface area contributed by atoms with Crippen molar-refractivity contribution in [2.24, 2.45) is 12.0 Å². The first-order chi connectivity index (χ1) is 13.7. The zero-order valence-electron chi connectivity index (χ0n) is 17.0. The Labute approximate surface area is 190 Å². The zero-order valence-corrected chi connectivity index (χ0v) is 19.4. The maximum absolute atomic E-state index is 13.6. The third-order valence-corrected chi connectivity index (χ3v) is 4.36. The summed E-state index contributed by atoms with van der Waals surface area (Å²) in [6.45, 7) is 2.57. The van der Waals surface area contributed by atoms with Crippen LogP contribution in [0.4, 0.5) is 13.2 Å². The quantitative estimate of drug-likeness (QED) is 0.272. The van der Waals surface area contributed by atoms with Crippen LogP contribution in [0.25, 0.3) is 0 Å². The SMILES string of the molecule is CCNC(=NCc1ccc(OC)cc1)NCCC(O)(c1nccn1C)C(F)(F)F.I. The molecule has 0 radical (unpaired) electrons. The Bertz CT molecular complexity index is 811. The number of hydrogen-bond donors (Lipinski definition) is 3. The number of alkyl halides is 3. The molecule has 0 amide bonds. The standard InChI is InChI=1S/C19H26F3N5O2.HI/c1-4-23-17(26-13-14-5-7-15(29-3)8-6-14)25-10-9-18(28,19(20,21)22)16-24-11-12-27(16)2;/h5-8,11-12,28H,4,9-10,13H2,1-3H3,(H2,23,25,26);1H. The van der Waals surface area contributed by atoms with Crippen molar-refractivity contribution in [2.45, 2.75) is 31.7 Å². The molecule has 2 rings (SSSR count). The number of hydrogen-bond acceptors (Lipinski definition) is 4. The third-order valence-electron chi connectivity index (χ3n) is 4.36. The number of aryl methyl sites for hydroxylation is 1. The lowest BCUT2D eigenvalue weighted by atomic mass is 9.97. The second-order valence-corrected chi connectivity index (χ2v) is 6.44. The predicted octanol–water partition coefficient (Wildman–Crippen LogP) is 2.94. The molecule has 1 unspecified atom stereocenters. The van der Waals surface area contributed by atoms with Crippen LogP contribution in [-0.4, -0.2) is 47.0 Å². The summed E-state index contributed by atoms with van der Waals surface area (Å²) in [6, 6.07) is 7.33. The van der Waals surface area contributed by atoms with Crippen molar-refractivity contribution in [3.05, 3.63) is 48.0 Å². The van der Waals surface area contributed by atoms with Crippen LogP contribution in [0.15, 0.2) is 41.7 Å². The zero-order chi connectivity index (χ0) is 21.5. The van der Waals surface area contributed by atoms with Gasteiger partial charge in [0.15, 0.2) is 5.96 Å². The fourth-order valence-corrected chi connectivity index (χ4v) is 2.75. The van der Waals surface area contributed by atoms with Gasteiger partial charge in [0, 0.05) is 39.0 Å². The minimum Gasteiger partial charge on any atom is -0.497 e. The number of aromatic nitrogens is 2. The summed E-state index contributed by atoms with van der Waals surface area (Å²) >= 11 is 0. The molecule has 0 saturated carbocycles. The minimum atomic E-state index is -4.87. The molecule has 3 N–H and O–H groups in total. The number of aliphatic hydroxyl groups is 1.